The second kappa shape index (κ2) is 4.92. The average molecular weight is 324 g/mol. The number of aliphatic hydroxyl groups excluding tert-OH is 1. The Balaban J connectivity index is 2.03. The molecule has 78 valence electrons. The van der Waals surface area contributed by atoms with Gasteiger partial charge >= 0.3 is 0 Å². The molecular weight excluding hydrogens is 311 g/mol. The minimum atomic E-state index is -0.293. The fourth-order valence-corrected chi connectivity index (χ4v) is 3.18. The molecule has 0 amide bonds. The van der Waals surface area contributed by atoms with Crippen molar-refractivity contribution in [1.29, 1.82) is 0 Å². The Morgan fingerprint density at radius 2 is 2.21 bits per heavy atom. The van der Waals surface area contributed by atoms with Crippen LogP contribution in [0.5, 0.6) is 0 Å². The highest BCUT2D eigenvalue weighted by molar-refractivity contribution is 14.1. The topological polar surface area (TPSA) is 29.5 Å². The molecule has 1 saturated heterocycles. The van der Waals surface area contributed by atoms with E-state index in [2.05, 4.69) is 34.0 Å². The van der Waals surface area contributed by atoms with E-state index < -0.39 is 0 Å². The number of halogens is 1. The van der Waals surface area contributed by atoms with E-state index in [9.17, 15) is 5.11 Å². The highest BCUT2D eigenvalue weighted by atomic mass is 127. The third-order valence-corrected chi connectivity index (χ3v) is 4.45. The number of thiophene rings is 1. The molecule has 1 aromatic heterocycles. The molecule has 0 radical (unpaired) electrons. The molecule has 1 aliphatic rings. The van der Waals surface area contributed by atoms with Crippen molar-refractivity contribution < 1.29 is 9.84 Å². The maximum Gasteiger partial charge on any atom is 0.0828 e. The number of hydrogen-bond acceptors (Lipinski definition) is 3. The molecule has 1 fully saturated rings. The van der Waals surface area contributed by atoms with Gasteiger partial charge in [-0.25, -0.2) is 0 Å². The Bertz CT molecular complexity index is 294. The molecule has 2 rings (SSSR count). The van der Waals surface area contributed by atoms with E-state index in [1.165, 1.54) is 2.88 Å². The molecule has 0 aliphatic carbocycles. The van der Waals surface area contributed by atoms with Gasteiger partial charge in [-0.15, -0.1) is 11.3 Å². The number of aliphatic hydroxyl groups is 1. The van der Waals surface area contributed by atoms with Gasteiger partial charge in [0.15, 0.2) is 0 Å². The van der Waals surface area contributed by atoms with Crippen LogP contribution in [0.15, 0.2) is 11.4 Å². The van der Waals surface area contributed by atoms with Crippen molar-refractivity contribution in [3.05, 3.63) is 19.9 Å². The van der Waals surface area contributed by atoms with Crippen LogP contribution >= 0.6 is 33.9 Å². The van der Waals surface area contributed by atoms with E-state index in [1.807, 2.05) is 0 Å². The first-order valence-corrected chi connectivity index (χ1v) is 6.73. The molecule has 0 aromatic carbocycles. The van der Waals surface area contributed by atoms with Crippen LogP contribution < -0.4 is 0 Å². The lowest BCUT2D eigenvalue weighted by Crippen LogP contribution is -2.21. The Morgan fingerprint density at radius 3 is 2.79 bits per heavy atom. The Kier molecular flexibility index (Phi) is 3.81. The second-order valence-corrected chi connectivity index (χ2v) is 6.38. The highest BCUT2D eigenvalue weighted by Gasteiger charge is 2.23. The number of hydrogen-bond donors (Lipinski definition) is 1. The molecule has 2 heterocycles. The van der Waals surface area contributed by atoms with Gasteiger partial charge < -0.3 is 9.84 Å². The summed E-state index contributed by atoms with van der Waals surface area (Å²) in [6, 6.07) is 2.07. The summed E-state index contributed by atoms with van der Waals surface area (Å²) in [5.41, 5.74) is 1.08. The zero-order chi connectivity index (χ0) is 9.97. The van der Waals surface area contributed by atoms with E-state index in [0.29, 0.717) is 5.92 Å². The summed E-state index contributed by atoms with van der Waals surface area (Å²) in [5.74, 6) is 0.383. The van der Waals surface area contributed by atoms with Crippen LogP contribution in [0.2, 0.25) is 0 Å². The average Bonchev–Trinajstić information content (AvgIpc) is 2.65. The largest absolute Gasteiger partial charge is 0.388 e. The molecule has 14 heavy (non-hydrogen) atoms. The van der Waals surface area contributed by atoms with Gasteiger partial charge in [0.2, 0.25) is 0 Å². The lowest BCUT2D eigenvalue weighted by Gasteiger charge is -2.26. The zero-order valence-electron chi connectivity index (χ0n) is 7.78. The fraction of sp³-hybridized carbons (Fsp3) is 0.600. The van der Waals surface area contributed by atoms with Gasteiger partial charge in [0.25, 0.3) is 0 Å². The van der Waals surface area contributed by atoms with Crippen LogP contribution in [0.1, 0.15) is 24.5 Å². The van der Waals surface area contributed by atoms with E-state index >= 15 is 0 Å². The summed E-state index contributed by atoms with van der Waals surface area (Å²) in [6.45, 7) is 1.59. The monoisotopic (exact) mass is 324 g/mol. The summed E-state index contributed by atoms with van der Waals surface area (Å²) in [4.78, 5) is 0. The predicted octanol–water partition coefficient (Wildman–Crippen LogP) is 2.81. The van der Waals surface area contributed by atoms with Crippen molar-refractivity contribution in [2.24, 2.45) is 5.92 Å². The quantitative estimate of drug-likeness (QED) is 0.848. The van der Waals surface area contributed by atoms with Crippen LogP contribution in [-0.4, -0.2) is 18.3 Å². The van der Waals surface area contributed by atoms with Gasteiger partial charge in [0.1, 0.15) is 0 Å². The minimum Gasteiger partial charge on any atom is -0.388 e. The molecule has 1 aliphatic heterocycles. The van der Waals surface area contributed by atoms with Crippen LogP contribution in [-0.2, 0) is 4.74 Å². The molecule has 2 nitrogen and oxygen atoms in total. The predicted molar refractivity (Wildman–Crippen MR) is 65.5 cm³/mol. The maximum absolute atomic E-state index is 10.1. The van der Waals surface area contributed by atoms with E-state index in [-0.39, 0.29) is 6.10 Å². The molecule has 1 aromatic rings. The molecular formula is C10H13IO2S. The third kappa shape index (κ3) is 2.48. The molecule has 1 N–H and O–H groups in total. The normalized spacial score (nSPS) is 21.0. The Labute approximate surface area is 101 Å². The SMILES string of the molecule is OC(c1csc(I)c1)C1CCOCC1. The Morgan fingerprint density at radius 1 is 1.50 bits per heavy atom. The number of ether oxygens (including phenoxy) is 1. The van der Waals surface area contributed by atoms with E-state index in [4.69, 9.17) is 4.74 Å². The van der Waals surface area contributed by atoms with E-state index in [1.54, 1.807) is 11.3 Å². The van der Waals surface area contributed by atoms with Crippen molar-refractivity contribution in [2.45, 2.75) is 18.9 Å². The first-order chi connectivity index (χ1) is 6.77. The van der Waals surface area contributed by atoms with Crippen LogP contribution in [0, 0.1) is 8.80 Å². The number of rotatable bonds is 2. The van der Waals surface area contributed by atoms with Gasteiger partial charge in [0.05, 0.1) is 8.99 Å². The van der Waals surface area contributed by atoms with Crippen LogP contribution in [0.4, 0.5) is 0 Å². The molecule has 4 heteroatoms. The van der Waals surface area contributed by atoms with Crippen LogP contribution in [0.25, 0.3) is 0 Å². The van der Waals surface area contributed by atoms with Gasteiger partial charge in [-0.3, -0.25) is 0 Å². The van der Waals surface area contributed by atoms with Gasteiger partial charge in [0, 0.05) is 13.2 Å². The Hall–Kier alpha value is 0.350. The second-order valence-electron chi connectivity index (χ2n) is 3.58. The summed E-state index contributed by atoms with van der Waals surface area (Å²) in [7, 11) is 0. The lowest BCUT2D eigenvalue weighted by atomic mass is 9.91. The van der Waals surface area contributed by atoms with Gasteiger partial charge in [-0.1, -0.05) is 0 Å². The maximum atomic E-state index is 10.1. The summed E-state index contributed by atoms with van der Waals surface area (Å²) in [5, 5.41) is 12.2. The third-order valence-electron chi connectivity index (χ3n) is 2.64. The highest BCUT2D eigenvalue weighted by Crippen LogP contribution is 2.32. The molecule has 0 spiro atoms. The summed E-state index contributed by atoms with van der Waals surface area (Å²) >= 11 is 3.98. The fourth-order valence-electron chi connectivity index (χ4n) is 1.78. The summed E-state index contributed by atoms with van der Waals surface area (Å²) < 4.78 is 6.52. The smallest absolute Gasteiger partial charge is 0.0828 e. The standard InChI is InChI=1S/C10H13IO2S/c11-9-5-8(6-14-9)10(12)7-1-3-13-4-2-7/h5-7,10,12H,1-4H2. The molecule has 0 saturated carbocycles. The molecule has 1 atom stereocenters. The van der Waals surface area contributed by atoms with E-state index in [0.717, 1.165) is 31.6 Å². The lowest BCUT2D eigenvalue weighted by molar-refractivity contribution is 0.00733. The summed E-state index contributed by atoms with van der Waals surface area (Å²) in [6.07, 6.45) is 1.67. The van der Waals surface area contributed by atoms with Crippen molar-refractivity contribution in [1.82, 2.24) is 0 Å². The molecule has 0 bridgehead atoms. The van der Waals surface area contributed by atoms with Crippen molar-refractivity contribution in [3.63, 3.8) is 0 Å². The van der Waals surface area contributed by atoms with Crippen LogP contribution in [0.3, 0.4) is 0 Å². The first-order valence-electron chi connectivity index (χ1n) is 4.77. The van der Waals surface area contributed by atoms with Crippen molar-refractivity contribution >= 4 is 33.9 Å². The van der Waals surface area contributed by atoms with Crippen molar-refractivity contribution in [2.75, 3.05) is 13.2 Å². The van der Waals surface area contributed by atoms with Gasteiger partial charge in [-0.05, 0) is 58.4 Å². The first kappa shape index (κ1) is 10.9. The zero-order valence-corrected chi connectivity index (χ0v) is 10.8. The van der Waals surface area contributed by atoms with Crippen molar-refractivity contribution in [3.8, 4) is 0 Å². The minimum absolute atomic E-state index is 0.293. The van der Waals surface area contributed by atoms with Gasteiger partial charge in [-0.2, -0.15) is 0 Å². The molecule has 1 unspecified atom stereocenters.